The maximum atomic E-state index is 10.4. The van der Waals surface area contributed by atoms with Gasteiger partial charge in [-0.15, -0.1) is 0 Å². The van der Waals surface area contributed by atoms with E-state index in [1.807, 2.05) is 0 Å². The average Bonchev–Trinajstić information content (AvgIpc) is 3.29. The number of rotatable bonds is 57. The molecule has 0 rings (SSSR count). The lowest BCUT2D eigenvalue weighted by Gasteiger charge is -2.05. The Morgan fingerprint density at radius 2 is 0.292 bits per heavy atom. The van der Waals surface area contributed by atoms with Gasteiger partial charge in [0.2, 0.25) is 0 Å². The van der Waals surface area contributed by atoms with Crippen molar-refractivity contribution < 1.29 is 19.8 Å². The lowest BCUT2D eigenvalue weighted by molar-refractivity contribution is -0.132. The Balaban J connectivity index is 3.11. The van der Waals surface area contributed by atoms with Gasteiger partial charge in [-0.1, -0.05) is 313 Å². The van der Waals surface area contributed by atoms with Crippen LogP contribution in [0.2, 0.25) is 0 Å². The number of hydrogen-bond acceptors (Lipinski definition) is 2. The van der Waals surface area contributed by atoms with E-state index in [0.29, 0.717) is 0 Å². The first-order valence-corrected chi connectivity index (χ1v) is 29.6. The highest BCUT2D eigenvalue weighted by molar-refractivity contribution is 5.79. The first-order chi connectivity index (χ1) is 32.1. The van der Waals surface area contributed by atoms with Crippen molar-refractivity contribution >= 4 is 11.9 Å². The molecule has 0 amide bonds. The zero-order chi connectivity index (χ0) is 46.9. The van der Waals surface area contributed by atoms with E-state index >= 15 is 0 Å². The highest BCUT2D eigenvalue weighted by Gasteiger charge is 1.99. The summed E-state index contributed by atoms with van der Waals surface area (Å²) >= 11 is 0. The van der Waals surface area contributed by atoms with Crippen LogP contribution in [0.15, 0.2) is 36.5 Å². The molecule has 0 atom stereocenters. The first kappa shape index (κ1) is 63.2. The predicted octanol–water partition coefficient (Wildman–Crippen LogP) is 21.5. The Morgan fingerprint density at radius 1 is 0.185 bits per heavy atom. The Kier molecular flexibility index (Phi) is 56.6. The van der Waals surface area contributed by atoms with Crippen LogP contribution >= 0.6 is 0 Å². The van der Waals surface area contributed by atoms with Crippen LogP contribution in [0, 0.1) is 0 Å². The predicted molar refractivity (Wildman–Crippen MR) is 287 cm³/mol. The van der Waals surface area contributed by atoms with Gasteiger partial charge in [0.05, 0.1) is 0 Å². The van der Waals surface area contributed by atoms with Gasteiger partial charge in [0.1, 0.15) is 0 Å². The van der Waals surface area contributed by atoms with Crippen LogP contribution in [0.5, 0.6) is 0 Å². The van der Waals surface area contributed by atoms with E-state index in [0.717, 1.165) is 25.7 Å². The van der Waals surface area contributed by atoms with Crippen molar-refractivity contribution in [3.63, 3.8) is 0 Å². The van der Waals surface area contributed by atoms with Crippen LogP contribution in [-0.4, -0.2) is 22.2 Å². The fourth-order valence-corrected chi connectivity index (χ4v) is 9.61. The largest absolute Gasteiger partial charge is 0.478 e. The molecule has 0 saturated heterocycles. The number of carbonyl (C=O) groups is 2. The number of allylic oxidation sites excluding steroid dienone is 4. The first-order valence-electron chi connectivity index (χ1n) is 29.6. The van der Waals surface area contributed by atoms with Crippen molar-refractivity contribution in [1.29, 1.82) is 0 Å². The number of unbranched alkanes of at least 4 members (excludes halogenated alkanes) is 51. The zero-order valence-corrected chi connectivity index (χ0v) is 43.7. The number of carboxylic acid groups (broad SMARTS) is 2. The van der Waals surface area contributed by atoms with Gasteiger partial charge < -0.3 is 10.2 Å². The third-order valence-corrected chi connectivity index (χ3v) is 13.9. The summed E-state index contributed by atoms with van der Waals surface area (Å²) in [6.07, 6.45) is 84.5. The summed E-state index contributed by atoms with van der Waals surface area (Å²) in [5.41, 5.74) is 0. The number of carboxylic acids is 2. The highest BCUT2D eigenvalue weighted by atomic mass is 16.4. The average molecular weight is 912 g/mol. The fourth-order valence-electron chi connectivity index (χ4n) is 9.61. The Morgan fingerprint density at radius 3 is 0.415 bits per heavy atom. The molecule has 65 heavy (non-hydrogen) atoms. The van der Waals surface area contributed by atoms with Gasteiger partial charge in [0, 0.05) is 12.2 Å². The van der Waals surface area contributed by atoms with Gasteiger partial charge in [-0.2, -0.15) is 0 Å². The van der Waals surface area contributed by atoms with Gasteiger partial charge in [-0.3, -0.25) is 0 Å². The number of aliphatic carboxylic acids is 2. The van der Waals surface area contributed by atoms with Crippen LogP contribution in [0.4, 0.5) is 0 Å². The van der Waals surface area contributed by atoms with Crippen molar-refractivity contribution in [2.45, 2.75) is 340 Å². The van der Waals surface area contributed by atoms with Crippen molar-refractivity contribution in [3.8, 4) is 0 Å². The second-order valence-corrected chi connectivity index (χ2v) is 20.4. The lowest BCUT2D eigenvalue weighted by Crippen LogP contribution is -1.86. The summed E-state index contributed by atoms with van der Waals surface area (Å²) in [5, 5.41) is 17.2. The quantitative estimate of drug-likeness (QED) is 0.0362. The highest BCUT2D eigenvalue weighted by Crippen LogP contribution is 2.19. The second kappa shape index (κ2) is 58.3. The maximum absolute atomic E-state index is 10.4. The molecule has 0 aromatic heterocycles. The minimum Gasteiger partial charge on any atom is -0.478 e. The van der Waals surface area contributed by atoms with Gasteiger partial charge >= 0.3 is 11.9 Å². The SMILES string of the molecule is O=C(O)C=CCCCCCCC=CCCCCCCCCCCCCCCCCCCCCCCCCCCCCCCCCCCCCCCCCCCCCCCCC=CC(=O)O. The normalized spacial score (nSPS) is 11.9. The Labute approximate surface area is 406 Å². The minimum absolute atomic E-state index is 0.829. The van der Waals surface area contributed by atoms with Crippen LogP contribution in [-0.2, 0) is 9.59 Å². The molecular formula is C61H114O4. The van der Waals surface area contributed by atoms with E-state index in [-0.39, 0.29) is 0 Å². The van der Waals surface area contributed by atoms with Gasteiger partial charge in [-0.25, -0.2) is 9.59 Å². The second-order valence-electron chi connectivity index (χ2n) is 20.4. The number of hydrogen-bond donors (Lipinski definition) is 2. The molecule has 0 aliphatic rings. The molecule has 2 N–H and O–H groups in total. The van der Waals surface area contributed by atoms with Crippen molar-refractivity contribution in [1.82, 2.24) is 0 Å². The monoisotopic (exact) mass is 911 g/mol. The molecule has 0 heterocycles. The van der Waals surface area contributed by atoms with E-state index in [2.05, 4.69) is 12.2 Å². The van der Waals surface area contributed by atoms with E-state index in [9.17, 15) is 9.59 Å². The van der Waals surface area contributed by atoms with Crippen LogP contribution in [0.25, 0.3) is 0 Å². The van der Waals surface area contributed by atoms with Crippen molar-refractivity contribution in [2.75, 3.05) is 0 Å². The molecule has 0 aliphatic heterocycles. The molecule has 0 aromatic rings. The van der Waals surface area contributed by atoms with Gasteiger partial charge in [0.25, 0.3) is 0 Å². The van der Waals surface area contributed by atoms with Crippen LogP contribution in [0.3, 0.4) is 0 Å². The molecule has 0 saturated carbocycles. The smallest absolute Gasteiger partial charge is 0.327 e. The van der Waals surface area contributed by atoms with Crippen molar-refractivity contribution in [3.05, 3.63) is 36.5 Å². The zero-order valence-electron chi connectivity index (χ0n) is 43.7. The summed E-state index contributed by atoms with van der Waals surface area (Å²) < 4.78 is 0. The summed E-state index contributed by atoms with van der Waals surface area (Å²) in [6, 6.07) is 0. The van der Waals surface area contributed by atoms with Crippen molar-refractivity contribution in [2.24, 2.45) is 0 Å². The summed E-state index contributed by atoms with van der Waals surface area (Å²) in [4.78, 5) is 20.9. The third-order valence-electron chi connectivity index (χ3n) is 13.9. The third kappa shape index (κ3) is 62.2. The molecule has 382 valence electrons. The van der Waals surface area contributed by atoms with E-state index in [4.69, 9.17) is 10.2 Å². The molecule has 0 aromatic carbocycles. The molecule has 4 heteroatoms. The Hall–Kier alpha value is -1.84. The molecule has 0 fully saturated rings. The maximum Gasteiger partial charge on any atom is 0.327 e. The topological polar surface area (TPSA) is 74.6 Å². The molecule has 0 bridgehead atoms. The summed E-state index contributed by atoms with van der Waals surface area (Å²) in [5.74, 6) is -1.67. The molecule has 4 nitrogen and oxygen atoms in total. The van der Waals surface area contributed by atoms with Crippen LogP contribution in [0.1, 0.15) is 340 Å². The van der Waals surface area contributed by atoms with Crippen LogP contribution < -0.4 is 0 Å². The summed E-state index contributed by atoms with van der Waals surface area (Å²) in [7, 11) is 0. The Bertz CT molecular complexity index is 1010. The minimum atomic E-state index is -0.838. The molecule has 0 radical (unpaired) electrons. The molecular weight excluding hydrogens is 797 g/mol. The molecule has 0 spiro atoms. The summed E-state index contributed by atoms with van der Waals surface area (Å²) in [6.45, 7) is 0. The molecule has 0 unspecified atom stereocenters. The lowest BCUT2D eigenvalue weighted by atomic mass is 10.0. The van der Waals surface area contributed by atoms with Gasteiger partial charge in [0.15, 0.2) is 0 Å². The van der Waals surface area contributed by atoms with E-state index < -0.39 is 11.9 Å². The fraction of sp³-hybridized carbons (Fsp3) is 0.869. The van der Waals surface area contributed by atoms with E-state index in [1.54, 1.807) is 12.2 Å². The van der Waals surface area contributed by atoms with Gasteiger partial charge in [-0.05, 0) is 51.4 Å². The molecule has 0 aliphatic carbocycles. The van der Waals surface area contributed by atoms with E-state index in [1.165, 1.54) is 327 Å². The standard InChI is InChI=1S/C61H114O4/c62-60(63)58-56-54-52-50-48-46-44-42-40-38-36-34-32-30-28-26-24-22-20-18-16-14-12-10-8-6-4-2-1-3-5-7-9-11-13-15-17-19-21-23-25-27-29-31-33-35-37-39-41-43-45-47-49-51-53-55-57-59-61(64)65/h40,42,56-59H,1-39,41,43-55H2,(H,62,63)(H,64,65).